The lowest BCUT2D eigenvalue weighted by Gasteiger charge is -2.11. The quantitative estimate of drug-likeness (QED) is 0.483. The van der Waals surface area contributed by atoms with Crippen LogP contribution in [0.5, 0.6) is 0 Å². The van der Waals surface area contributed by atoms with Crippen LogP contribution >= 0.6 is 12.2 Å². The van der Waals surface area contributed by atoms with Gasteiger partial charge in [-0.3, -0.25) is 4.79 Å². The first-order valence-corrected chi connectivity index (χ1v) is 5.73. The monoisotopic (exact) mass is 216 g/mol. The number of esters is 1. The fourth-order valence-corrected chi connectivity index (χ4v) is 1.27. The second-order valence-corrected chi connectivity index (χ2v) is 3.98. The van der Waals surface area contributed by atoms with Crippen LogP contribution in [0.3, 0.4) is 0 Å². The summed E-state index contributed by atoms with van der Waals surface area (Å²) in [7, 11) is 0. The largest absolute Gasteiger partial charge is 0.465 e. The molecule has 0 spiro atoms. The van der Waals surface area contributed by atoms with Gasteiger partial charge in [0.2, 0.25) is 0 Å². The van der Waals surface area contributed by atoms with Crippen LogP contribution in [0, 0.1) is 5.92 Å². The van der Waals surface area contributed by atoms with Crippen LogP contribution in [0.4, 0.5) is 0 Å². The molecule has 0 bridgehead atoms. The first-order chi connectivity index (χ1) is 6.63. The Labute approximate surface area is 92.0 Å². The minimum atomic E-state index is -0.219. The zero-order valence-corrected chi connectivity index (χ0v) is 10.2. The molecule has 0 saturated heterocycles. The van der Waals surface area contributed by atoms with Gasteiger partial charge in [0, 0.05) is 4.86 Å². The molecule has 0 saturated carbocycles. The first-order valence-electron chi connectivity index (χ1n) is 5.32. The highest BCUT2D eigenvalue weighted by Gasteiger charge is 2.18. The summed E-state index contributed by atoms with van der Waals surface area (Å²) in [5, 5.41) is 0. The molecule has 2 nitrogen and oxygen atoms in total. The molecule has 0 N–H and O–H groups in total. The predicted octanol–water partition coefficient (Wildman–Crippen LogP) is 3.14. The second-order valence-electron chi connectivity index (χ2n) is 3.46. The fraction of sp³-hybridized carbons (Fsp3) is 0.818. The second kappa shape index (κ2) is 7.92. The standard InChI is InChI=1S/C11H20O2S/c1-4-6-7-10(14)9(3)11(12)13-8-5-2/h9H,4-8H2,1-3H3. The Morgan fingerprint density at radius 1 is 1.36 bits per heavy atom. The molecule has 0 rings (SSSR count). The van der Waals surface area contributed by atoms with E-state index in [4.69, 9.17) is 17.0 Å². The van der Waals surface area contributed by atoms with Crippen LogP contribution in [-0.2, 0) is 9.53 Å². The molecule has 14 heavy (non-hydrogen) atoms. The van der Waals surface area contributed by atoms with Gasteiger partial charge < -0.3 is 4.74 Å². The summed E-state index contributed by atoms with van der Waals surface area (Å²) < 4.78 is 5.03. The number of ether oxygens (including phenoxy) is 1. The molecule has 1 atom stereocenters. The summed E-state index contributed by atoms with van der Waals surface area (Å²) in [5.41, 5.74) is 0. The van der Waals surface area contributed by atoms with Crippen molar-refractivity contribution in [3.05, 3.63) is 0 Å². The Morgan fingerprint density at radius 2 is 2.00 bits per heavy atom. The molecule has 0 radical (unpaired) electrons. The topological polar surface area (TPSA) is 26.3 Å². The van der Waals surface area contributed by atoms with Gasteiger partial charge in [-0.15, -0.1) is 0 Å². The molecule has 0 aromatic heterocycles. The lowest BCUT2D eigenvalue weighted by atomic mass is 10.0. The molecule has 0 heterocycles. The lowest BCUT2D eigenvalue weighted by Crippen LogP contribution is -2.22. The Balaban J connectivity index is 3.85. The third kappa shape index (κ3) is 5.32. The third-order valence-corrected chi connectivity index (χ3v) is 2.62. The summed E-state index contributed by atoms with van der Waals surface area (Å²) in [5.74, 6) is -0.393. The molecular formula is C11H20O2S. The van der Waals surface area contributed by atoms with Crippen molar-refractivity contribution in [3.8, 4) is 0 Å². The number of hydrogen-bond donors (Lipinski definition) is 0. The highest BCUT2D eigenvalue weighted by atomic mass is 32.1. The first kappa shape index (κ1) is 13.6. The predicted molar refractivity (Wildman–Crippen MR) is 62.5 cm³/mol. The molecule has 0 aliphatic heterocycles. The summed E-state index contributed by atoms with van der Waals surface area (Å²) in [4.78, 5) is 12.2. The summed E-state index contributed by atoms with van der Waals surface area (Å²) in [6.45, 7) is 6.42. The number of carbonyl (C=O) groups is 1. The molecule has 0 aliphatic rings. The molecule has 0 aromatic carbocycles. The molecule has 0 amide bonds. The normalized spacial score (nSPS) is 12.2. The highest BCUT2D eigenvalue weighted by Crippen LogP contribution is 2.09. The zero-order valence-electron chi connectivity index (χ0n) is 9.34. The molecule has 3 heteroatoms. The maximum atomic E-state index is 11.4. The van der Waals surface area contributed by atoms with Gasteiger partial charge in [0.15, 0.2) is 0 Å². The Morgan fingerprint density at radius 3 is 2.50 bits per heavy atom. The maximum Gasteiger partial charge on any atom is 0.313 e. The number of thiocarbonyl (C=S) groups is 1. The summed E-state index contributed by atoms with van der Waals surface area (Å²) >= 11 is 5.17. The minimum Gasteiger partial charge on any atom is -0.465 e. The van der Waals surface area contributed by atoms with Crippen LogP contribution in [-0.4, -0.2) is 17.4 Å². The van der Waals surface area contributed by atoms with Crippen LogP contribution in [0.2, 0.25) is 0 Å². The van der Waals surface area contributed by atoms with E-state index in [2.05, 4.69) is 6.92 Å². The van der Waals surface area contributed by atoms with E-state index in [9.17, 15) is 4.79 Å². The van der Waals surface area contributed by atoms with Gasteiger partial charge in [-0.05, 0) is 26.2 Å². The van der Waals surface area contributed by atoms with Gasteiger partial charge in [-0.1, -0.05) is 32.5 Å². The van der Waals surface area contributed by atoms with Gasteiger partial charge in [0.05, 0.1) is 12.5 Å². The number of unbranched alkanes of at least 4 members (excludes halogenated alkanes) is 1. The van der Waals surface area contributed by atoms with E-state index in [1.807, 2.05) is 13.8 Å². The van der Waals surface area contributed by atoms with Crippen molar-refractivity contribution in [1.29, 1.82) is 0 Å². The molecule has 0 aliphatic carbocycles. The van der Waals surface area contributed by atoms with Crippen molar-refractivity contribution in [2.45, 2.75) is 46.5 Å². The van der Waals surface area contributed by atoms with Crippen molar-refractivity contribution < 1.29 is 9.53 Å². The number of rotatable bonds is 7. The highest BCUT2D eigenvalue weighted by molar-refractivity contribution is 7.80. The molecule has 0 aromatic rings. The third-order valence-electron chi connectivity index (χ3n) is 2.06. The van der Waals surface area contributed by atoms with Crippen LogP contribution in [0.25, 0.3) is 0 Å². The number of hydrogen-bond acceptors (Lipinski definition) is 3. The van der Waals surface area contributed by atoms with Crippen LogP contribution in [0.1, 0.15) is 46.5 Å². The van der Waals surface area contributed by atoms with E-state index in [0.717, 1.165) is 30.5 Å². The van der Waals surface area contributed by atoms with E-state index >= 15 is 0 Å². The van der Waals surface area contributed by atoms with Gasteiger partial charge in [-0.25, -0.2) is 0 Å². The molecular weight excluding hydrogens is 196 g/mol. The smallest absolute Gasteiger partial charge is 0.313 e. The maximum absolute atomic E-state index is 11.4. The van der Waals surface area contributed by atoms with E-state index in [-0.39, 0.29) is 11.9 Å². The van der Waals surface area contributed by atoms with Crippen molar-refractivity contribution in [2.75, 3.05) is 6.61 Å². The summed E-state index contributed by atoms with van der Waals surface area (Å²) in [6, 6.07) is 0. The number of carbonyl (C=O) groups excluding carboxylic acids is 1. The zero-order chi connectivity index (χ0) is 11.0. The Bertz CT molecular complexity index is 170. The van der Waals surface area contributed by atoms with Crippen molar-refractivity contribution in [3.63, 3.8) is 0 Å². The van der Waals surface area contributed by atoms with Gasteiger partial charge >= 0.3 is 5.97 Å². The molecule has 82 valence electrons. The Kier molecular flexibility index (Phi) is 7.67. The van der Waals surface area contributed by atoms with Crippen molar-refractivity contribution in [2.24, 2.45) is 5.92 Å². The van der Waals surface area contributed by atoms with E-state index < -0.39 is 0 Å². The van der Waals surface area contributed by atoms with E-state index in [1.165, 1.54) is 0 Å². The summed E-state index contributed by atoms with van der Waals surface area (Å²) in [6.07, 6.45) is 3.88. The molecule has 1 unspecified atom stereocenters. The van der Waals surface area contributed by atoms with Crippen LogP contribution in [0.15, 0.2) is 0 Å². The SMILES string of the molecule is CCCCC(=S)C(C)C(=O)OCCC. The van der Waals surface area contributed by atoms with Crippen LogP contribution < -0.4 is 0 Å². The Hall–Kier alpha value is -0.440. The molecule has 0 fully saturated rings. The lowest BCUT2D eigenvalue weighted by molar-refractivity contribution is -0.145. The van der Waals surface area contributed by atoms with E-state index in [1.54, 1.807) is 0 Å². The van der Waals surface area contributed by atoms with Gasteiger partial charge in [-0.2, -0.15) is 0 Å². The average molecular weight is 216 g/mol. The van der Waals surface area contributed by atoms with E-state index in [0.29, 0.717) is 6.61 Å². The fourth-order valence-electron chi connectivity index (χ4n) is 1.03. The minimum absolute atomic E-state index is 0.173. The van der Waals surface area contributed by atoms with Gasteiger partial charge in [0.1, 0.15) is 0 Å². The average Bonchev–Trinajstić information content (AvgIpc) is 2.21. The van der Waals surface area contributed by atoms with Gasteiger partial charge in [0.25, 0.3) is 0 Å². The van der Waals surface area contributed by atoms with Crippen molar-refractivity contribution >= 4 is 23.1 Å². The van der Waals surface area contributed by atoms with Crippen molar-refractivity contribution in [1.82, 2.24) is 0 Å².